The lowest BCUT2D eigenvalue weighted by molar-refractivity contribution is 0.299. The van der Waals surface area contributed by atoms with Crippen molar-refractivity contribution in [3.05, 3.63) is 65.0 Å². The second kappa shape index (κ2) is 7.23. The Morgan fingerprint density at radius 2 is 1.95 bits per heavy atom. The van der Waals surface area contributed by atoms with Crippen molar-refractivity contribution < 1.29 is 9.13 Å². The normalized spacial score (nSPS) is 10.9. The maximum atomic E-state index is 13.9. The van der Waals surface area contributed by atoms with Crippen molar-refractivity contribution in [3.63, 3.8) is 0 Å². The van der Waals surface area contributed by atoms with Crippen molar-refractivity contribution in [1.82, 2.24) is 5.32 Å². The van der Waals surface area contributed by atoms with Crippen molar-refractivity contribution in [2.45, 2.75) is 40.0 Å². The van der Waals surface area contributed by atoms with Crippen LogP contribution in [-0.4, -0.2) is 6.04 Å². The van der Waals surface area contributed by atoms with Gasteiger partial charge in [-0.2, -0.15) is 0 Å². The van der Waals surface area contributed by atoms with Crippen LogP contribution in [0.5, 0.6) is 5.75 Å². The molecular weight excluding hydrogens is 265 g/mol. The molecule has 0 saturated heterocycles. The van der Waals surface area contributed by atoms with Gasteiger partial charge in [0.2, 0.25) is 0 Å². The molecule has 0 unspecified atom stereocenters. The minimum atomic E-state index is -0.226. The first-order valence-corrected chi connectivity index (χ1v) is 7.25. The van der Waals surface area contributed by atoms with E-state index in [4.69, 9.17) is 4.74 Å². The van der Waals surface area contributed by atoms with E-state index in [1.54, 1.807) is 6.07 Å². The molecule has 2 nitrogen and oxygen atoms in total. The van der Waals surface area contributed by atoms with Gasteiger partial charge in [0.25, 0.3) is 0 Å². The molecule has 0 aromatic heterocycles. The van der Waals surface area contributed by atoms with Gasteiger partial charge >= 0.3 is 0 Å². The van der Waals surface area contributed by atoms with Gasteiger partial charge in [0.15, 0.2) is 0 Å². The fourth-order valence-electron chi connectivity index (χ4n) is 2.04. The summed E-state index contributed by atoms with van der Waals surface area (Å²) in [6, 6.07) is 13.3. The standard InChI is InChI=1S/C18H22FNO/c1-13(2)20-11-15-7-8-18(19)16(10-15)12-21-17-6-4-5-14(3)9-17/h4-10,13,20H,11-12H2,1-3H3. The number of rotatable bonds is 6. The number of hydrogen-bond acceptors (Lipinski definition) is 2. The molecule has 112 valence electrons. The third kappa shape index (κ3) is 4.87. The number of aryl methyl sites for hydroxylation is 1. The van der Waals surface area contributed by atoms with Crippen LogP contribution >= 0.6 is 0 Å². The summed E-state index contributed by atoms with van der Waals surface area (Å²) in [5, 5.41) is 3.33. The maximum absolute atomic E-state index is 13.9. The molecule has 0 bridgehead atoms. The van der Waals surface area contributed by atoms with Gasteiger partial charge in [-0.25, -0.2) is 4.39 Å². The summed E-state index contributed by atoms with van der Waals surface area (Å²) < 4.78 is 19.5. The lowest BCUT2D eigenvalue weighted by Crippen LogP contribution is -2.21. The summed E-state index contributed by atoms with van der Waals surface area (Å²) in [5.74, 6) is 0.538. The number of hydrogen-bond donors (Lipinski definition) is 1. The molecule has 0 radical (unpaired) electrons. The number of nitrogens with one attached hydrogen (secondary N) is 1. The molecule has 0 aliphatic carbocycles. The number of benzene rings is 2. The maximum Gasteiger partial charge on any atom is 0.129 e. The van der Waals surface area contributed by atoms with Gasteiger partial charge in [0.1, 0.15) is 18.2 Å². The molecule has 3 heteroatoms. The SMILES string of the molecule is Cc1cccc(OCc2cc(CNC(C)C)ccc2F)c1. The zero-order chi connectivity index (χ0) is 15.2. The molecule has 2 aromatic rings. The summed E-state index contributed by atoms with van der Waals surface area (Å²) in [7, 11) is 0. The van der Waals surface area contributed by atoms with E-state index in [1.807, 2.05) is 37.3 Å². The van der Waals surface area contributed by atoms with E-state index in [0.29, 0.717) is 11.6 Å². The third-order valence-corrected chi connectivity index (χ3v) is 3.21. The number of halogens is 1. The van der Waals surface area contributed by atoms with E-state index < -0.39 is 0 Å². The summed E-state index contributed by atoms with van der Waals surface area (Å²) in [4.78, 5) is 0. The Kier molecular flexibility index (Phi) is 5.34. The van der Waals surface area contributed by atoms with Crippen molar-refractivity contribution in [3.8, 4) is 5.75 Å². The first-order valence-electron chi connectivity index (χ1n) is 7.25. The highest BCUT2D eigenvalue weighted by Crippen LogP contribution is 2.17. The van der Waals surface area contributed by atoms with E-state index in [9.17, 15) is 4.39 Å². The molecule has 0 saturated carbocycles. The summed E-state index contributed by atoms with van der Waals surface area (Å²) in [5.41, 5.74) is 2.77. The van der Waals surface area contributed by atoms with Gasteiger partial charge in [-0.05, 0) is 42.3 Å². The minimum absolute atomic E-state index is 0.226. The molecule has 1 N–H and O–H groups in total. The van der Waals surface area contributed by atoms with Crippen LogP contribution < -0.4 is 10.1 Å². The first-order chi connectivity index (χ1) is 10.0. The first kappa shape index (κ1) is 15.5. The molecule has 2 rings (SSSR count). The Morgan fingerprint density at radius 1 is 1.14 bits per heavy atom. The molecule has 0 heterocycles. The highest BCUT2D eigenvalue weighted by molar-refractivity contribution is 5.29. The van der Waals surface area contributed by atoms with Crippen LogP contribution in [-0.2, 0) is 13.2 Å². The Bertz CT molecular complexity index is 596. The topological polar surface area (TPSA) is 21.3 Å². The summed E-state index contributed by atoms with van der Waals surface area (Å²) in [6.07, 6.45) is 0. The second-order valence-corrected chi connectivity index (χ2v) is 5.57. The zero-order valence-corrected chi connectivity index (χ0v) is 12.8. The quantitative estimate of drug-likeness (QED) is 0.859. The predicted molar refractivity (Wildman–Crippen MR) is 83.9 cm³/mol. The second-order valence-electron chi connectivity index (χ2n) is 5.57. The van der Waals surface area contributed by atoms with Crippen molar-refractivity contribution in [2.75, 3.05) is 0 Å². The van der Waals surface area contributed by atoms with Gasteiger partial charge in [-0.3, -0.25) is 0 Å². The molecule has 2 aromatic carbocycles. The van der Waals surface area contributed by atoms with Crippen LogP contribution in [0.25, 0.3) is 0 Å². The fraction of sp³-hybridized carbons (Fsp3) is 0.333. The van der Waals surface area contributed by atoms with E-state index in [1.165, 1.54) is 6.07 Å². The predicted octanol–water partition coefficient (Wildman–Crippen LogP) is 4.21. The van der Waals surface area contributed by atoms with E-state index >= 15 is 0 Å². The lowest BCUT2D eigenvalue weighted by Gasteiger charge is -2.11. The Labute approximate surface area is 126 Å². The summed E-state index contributed by atoms with van der Waals surface area (Å²) in [6.45, 7) is 7.16. The molecule has 0 aliphatic rings. The molecular formula is C18H22FNO. The van der Waals surface area contributed by atoms with Gasteiger partial charge < -0.3 is 10.1 Å². The molecule has 0 atom stereocenters. The highest BCUT2D eigenvalue weighted by atomic mass is 19.1. The molecule has 21 heavy (non-hydrogen) atoms. The summed E-state index contributed by atoms with van der Waals surface area (Å²) >= 11 is 0. The Balaban J connectivity index is 2.03. The van der Waals surface area contributed by atoms with Crippen LogP contribution in [0.15, 0.2) is 42.5 Å². The van der Waals surface area contributed by atoms with Crippen molar-refractivity contribution >= 4 is 0 Å². The van der Waals surface area contributed by atoms with Crippen LogP contribution in [0.1, 0.15) is 30.5 Å². The minimum Gasteiger partial charge on any atom is -0.489 e. The Hall–Kier alpha value is -1.87. The monoisotopic (exact) mass is 287 g/mol. The van der Waals surface area contributed by atoms with Gasteiger partial charge in [-0.15, -0.1) is 0 Å². The third-order valence-electron chi connectivity index (χ3n) is 3.21. The van der Waals surface area contributed by atoms with Crippen LogP contribution in [0, 0.1) is 12.7 Å². The molecule has 0 amide bonds. The van der Waals surface area contributed by atoms with Crippen LogP contribution in [0.4, 0.5) is 4.39 Å². The van der Waals surface area contributed by atoms with Gasteiger partial charge in [-0.1, -0.05) is 32.0 Å². The average molecular weight is 287 g/mol. The van der Waals surface area contributed by atoms with Crippen LogP contribution in [0.3, 0.4) is 0 Å². The van der Waals surface area contributed by atoms with Crippen molar-refractivity contribution in [2.24, 2.45) is 0 Å². The van der Waals surface area contributed by atoms with E-state index in [0.717, 1.165) is 23.4 Å². The molecule has 0 fully saturated rings. The van der Waals surface area contributed by atoms with Gasteiger partial charge in [0, 0.05) is 18.2 Å². The van der Waals surface area contributed by atoms with Gasteiger partial charge in [0.05, 0.1) is 0 Å². The van der Waals surface area contributed by atoms with E-state index in [-0.39, 0.29) is 12.4 Å². The zero-order valence-electron chi connectivity index (χ0n) is 12.8. The smallest absolute Gasteiger partial charge is 0.129 e. The van der Waals surface area contributed by atoms with Crippen LogP contribution in [0.2, 0.25) is 0 Å². The highest BCUT2D eigenvalue weighted by Gasteiger charge is 2.05. The largest absolute Gasteiger partial charge is 0.489 e. The Morgan fingerprint density at radius 3 is 2.67 bits per heavy atom. The number of ether oxygens (including phenoxy) is 1. The van der Waals surface area contributed by atoms with Crippen molar-refractivity contribution in [1.29, 1.82) is 0 Å². The van der Waals surface area contributed by atoms with E-state index in [2.05, 4.69) is 19.2 Å². The molecule has 0 spiro atoms. The fourth-order valence-corrected chi connectivity index (χ4v) is 2.04. The average Bonchev–Trinajstić information content (AvgIpc) is 2.45. The molecule has 0 aliphatic heterocycles. The lowest BCUT2D eigenvalue weighted by atomic mass is 10.1.